The van der Waals surface area contributed by atoms with E-state index in [1.165, 1.54) is 25.7 Å². The molecule has 0 spiro atoms. The summed E-state index contributed by atoms with van der Waals surface area (Å²) in [6, 6.07) is 5.63. The highest BCUT2D eigenvalue weighted by Crippen LogP contribution is 2.34. The first-order valence-electron chi connectivity index (χ1n) is 6.13. The first-order valence-corrected chi connectivity index (χ1v) is 6.92. The van der Waals surface area contributed by atoms with Crippen LogP contribution in [0.2, 0.25) is 0 Å². The maximum Gasteiger partial charge on any atom is 0.257 e. The van der Waals surface area contributed by atoms with Gasteiger partial charge in [-0.1, -0.05) is 18.0 Å². The van der Waals surface area contributed by atoms with Crippen molar-refractivity contribution in [3.63, 3.8) is 0 Å². The zero-order valence-corrected chi connectivity index (χ0v) is 11.5. The molecule has 94 valence electrons. The van der Waals surface area contributed by atoms with Gasteiger partial charge in [0.15, 0.2) is 5.82 Å². The number of hydrogen-bond acceptors (Lipinski definition) is 4. The normalized spacial score (nSPS) is 16.3. The monoisotopic (exact) mass is 307 g/mol. The molecular weight excluding hydrogens is 294 g/mol. The largest absolute Gasteiger partial charge is 0.398 e. The van der Waals surface area contributed by atoms with E-state index >= 15 is 0 Å². The van der Waals surface area contributed by atoms with Crippen LogP contribution in [0.25, 0.3) is 11.5 Å². The summed E-state index contributed by atoms with van der Waals surface area (Å²) >= 11 is 3.40. The van der Waals surface area contributed by atoms with Crippen molar-refractivity contribution in [2.24, 2.45) is 0 Å². The van der Waals surface area contributed by atoms with Crippen molar-refractivity contribution in [1.82, 2.24) is 10.1 Å². The Morgan fingerprint density at radius 2 is 2.06 bits per heavy atom. The fourth-order valence-corrected chi connectivity index (χ4v) is 2.74. The van der Waals surface area contributed by atoms with E-state index in [0.29, 0.717) is 17.5 Å². The van der Waals surface area contributed by atoms with Gasteiger partial charge in [0.2, 0.25) is 0 Å². The van der Waals surface area contributed by atoms with Crippen LogP contribution < -0.4 is 5.73 Å². The van der Waals surface area contributed by atoms with Gasteiger partial charge in [-0.2, -0.15) is 4.98 Å². The number of anilines is 1. The molecule has 1 aromatic heterocycles. The minimum Gasteiger partial charge on any atom is -0.398 e. The topological polar surface area (TPSA) is 64.9 Å². The van der Waals surface area contributed by atoms with E-state index in [9.17, 15) is 0 Å². The molecule has 1 heterocycles. The zero-order valence-electron chi connectivity index (χ0n) is 9.90. The Morgan fingerprint density at radius 1 is 1.28 bits per heavy atom. The number of nitrogen functional groups attached to an aromatic ring is 1. The lowest BCUT2D eigenvalue weighted by molar-refractivity contribution is 0.416. The fraction of sp³-hybridized carbons (Fsp3) is 0.385. The molecule has 18 heavy (non-hydrogen) atoms. The van der Waals surface area contributed by atoms with Gasteiger partial charge in [0.25, 0.3) is 5.89 Å². The predicted octanol–water partition coefficient (Wildman–Crippen LogP) is 3.74. The Kier molecular flexibility index (Phi) is 3.07. The molecule has 1 aromatic carbocycles. The highest BCUT2D eigenvalue weighted by molar-refractivity contribution is 9.10. The number of aromatic nitrogens is 2. The van der Waals surface area contributed by atoms with Gasteiger partial charge < -0.3 is 10.3 Å². The van der Waals surface area contributed by atoms with Crippen LogP contribution in [-0.2, 0) is 0 Å². The molecule has 0 saturated heterocycles. The molecule has 2 aromatic rings. The van der Waals surface area contributed by atoms with Crippen LogP contribution in [0.5, 0.6) is 0 Å². The summed E-state index contributed by atoms with van der Waals surface area (Å²) in [7, 11) is 0. The molecule has 3 rings (SSSR count). The molecule has 0 radical (unpaired) electrons. The number of halogens is 1. The van der Waals surface area contributed by atoms with Crippen LogP contribution in [0.4, 0.5) is 5.69 Å². The third-order valence-electron chi connectivity index (χ3n) is 3.41. The molecule has 5 heteroatoms. The Bertz CT molecular complexity index is 561. The van der Waals surface area contributed by atoms with Crippen LogP contribution in [0.3, 0.4) is 0 Å². The van der Waals surface area contributed by atoms with Crippen molar-refractivity contribution in [3.05, 3.63) is 28.5 Å². The third-order valence-corrected chi connectivity index (χ3v) is 4.10. The van der Waals surface area contributed by atoms with Crippen molar-refractivity contribution in [1.29, 1.82) is 0 Å². The fourth-order valence-electron chi connectivity index (χ4n) is 2.36. The minimum absolute atomic E-state index is 0.472. The Morgan fingerprint density at radius 3 is 2.78 bits per heavy atom. The second-order valence-corrected chi connectivity index (χ2v) is 5.53. The lowest BCUT2D eigenvalue weighted by atomic mass is 10.1. The zero-order chi connectivity index (χ0) is 12.5. The van der Waals surface area contributed by atoms with Crippen molar-refractivity contribution in [2.75, 3.05) is 5.73 Å². The van der Waals surface area contributed by atoms with E-state index in [-0.39, 0.29) is 0 Å². The molecule has 1 aliphatic carbocycles. The minimum atomic E-state index is 0.472. The molecule has 2 N–H and O–H groups in total. The Balaban J connectivity index is 1.89. The lowest BCUT2D eigenvalue weighted by Crippen LogP contribution is -1.94. The predicted molar refractivity (Wildman–Crippen MR) is 73.1 cm³/mol. The third kappa shape index (κ3) is 2.14. The van der Waals surface area contributed by atoms with Crippen molar-refractivity contribution in [3.8, 4) is 11.5 Å². The Hall–Kier alpha value is -1.36. The first-order chi connectivity index (χ1) is 8.74. The molecule has 4 nitrogen and oxygen atoms in total. The summed E-state index contributed by atoms with van der Waals surface area (Å²) in [6.45, 7) is 0. The highest BCUT2D eigenvalue weighted by Gasteiger charge is 2.22. The summed E-state index contributed by atoms with van der Waals surface area (Å²) in [6.07, 6.45) is 4.87. The number of benzene rings is 1. The molecule has 0 bridgehead atoms. The van der Waals surface area contributed by atoms with Gasteiger partial charge in [0.1, 0.15) is 0 Å². The van der Waals surface area contributed by atoms with Gasteiger partial charge in [-0.3, -0.25) is 0 Å². The second-order valence-electron chi connectivity index (χ2n) is 4.68. The second kappa shape index (κ2) is 4.72. The van der Waals surface area contributed by atoms with E-state index in [1.54, 1.807) is 0 Å². The van der Waals surface area contributed by atoms with E-state index in [0.717, 1.165) is 15.9 Å². The van der Waals surface area contributed by atoms with E-state index in [4.69, 9.17) is 10.3 Å². The molecule has 0 aliphatic heterocycles. The van der Waals surface area contributed by atoms with Gasteiger partial charge >= 0.3 is 0 Å². The van der Waals surface area contributed by atoms with Gasteiger partial charge in [-0.05, 0) is 47.0 Å². The van der Waals surface area contributed by atoms with Crippen LogP contribution in [0, 0.1) is 0 Å². The standard InChI is InChI=1S/C13H14BrN3O/c14-10-7-9(5-6-11(10)15)13-16-12(17-18-13)8-3-1-2-4-8/h5-8H,1-4,15H2. The number of nitrogens with zero attached hydrogens (tertiary/aromatic N) is 2. The average molecular weight is 308 g/mol. The lowest BCUT2D eigenvalue weighted by Gasteiger charge is -2.00. The van der Waals surface area contributed by atoms with Crippen LogP contribution in [0.15, 0.2) is 27.2 Å². The molecule has 1 fully saturated rings. The van der Waals surface area contributed by atoms with Gasteiger partial charge in [0.05, 0.1) is 0 Å². The SMILES string of the molecule is Nc1ccc(-c2nc(C3CCCC3)no2)cc1Br. The summed E-state index contributed by atoms with van der Waals surface area (Å²) in [4.78, 5) is 4.49. The molecule has 1 saturated carbocycles. The van der Waals surface area contributed by atoms with Gasteiger partial charge in [0, 0.05) is 21.6 Å². The summed E-state index contributed by atoms with van der Waals surface area (Å²) in [5.41, 5.74) is 7.36. The molecule has 0 unspecified atom stereocenters. The highest BCUT2D eigenvalue weighted by atomic mass is 79.9. The van der Waals surface area contributed by atoms with Gasteiger partial charge in [-0.25, -0.2) is 0 Å². The van der Waals surface area contributed by atoms with Crippen molar-refractivity contribution < 1.29 is 4.52 Å². The molecule has 1 aliphatic rings. The van der Waals surface area contributed by atoms with E-state index < -0.39 is 0 Å². The summed E-state index contributed by atoms with van der Waals surface area (Å²) in [5, 5.41) is 4.09. The molecule has 0 atom stereocenters. The average Bonchev–Trinajstić information content (AvgIpc) is 3.01. The maximum atomic E-state index is 5.76. The first kappa shape index (κ1) is 11.7. The van der Waals surface area contributed by atoms with E-state index in [2.05, 4.69) is 26.1 Å². The number of hydrogen-bond donors (Lipinski definition) is 1. The number of rotatable bonds is 2. The smallest absolute Gasteiger partial charge is 0.257 e. The van der Waals surface area contributed by atoms with Crippen LogP contribution in [-0.4, -0.2) is 10.1 Å². The Labute approximate surface area is 114 Å². The summed E-state index contributed by atoms with van der Waals surface area (Å²) in [5.74, 6) is 1.88. The van der Waals surface area contributed by atoms with E-state index in [1.807, 2.05) is 18.2 Å². The van der Waals surface area contributed by atoms with Crippen LogP contribution in [0.1, 0.15) is 37.4 Å². The number of nitrogens with two attached hydrogens (primary N) is 1. The maximum absolute atomic E-state index is 5.76. The van der Waals surface area contributed by atoms with Gasteiger partial charge in [-0.15, -0.1) is 0 Å². The quantitative estimate of drug-likeness (QED) is 0.858. The summed E-state index contributed by atoms with van der Waals surface area (Å²) < 4.78 is 6.18. The van der Waals surface area contributed by atoms with Crippen molar-refractivity contribution in [2.45, 2.75) is 31.6 Å². The molecule has 0 amide bonds. The van der Waals surface area contributed by atoms with Crippen LogP contribution >= 0.6 is 15.9 Å². The van der Waals surface area contributed by atoms with Crippen molar-refractivity contribution >= 4 is 21.6 Å². The molecular formula is C13H14BrN3O.